The summed E-state index contributed by atoms with van der Waals surface area (Å²) in [4.78, 5) is 29.2. The molecule has 2 atom stereocenters. The van der Waals surface area contributed by atoms with Gasteiger partial charge in [-0.05, 0) is 70.4 Å². The Bertz CT molecular complexity index is 1160. The van der Waals surface area contributed by atoms with Gasteiger partial charge >= 0.3 is 6.16 Å². The van der Waals surface area contributed by atoms with Crippen LogP contribution in [0.4, 0.5) is 16.3 Å². The molecule has 2 unspecified atom stereocenters. The number of amides is 1. The molecule has 1 fully saturated rings. The molecule has 11 heteroatoms. The van der Waals surface area contributed by atoms with Gasteiger partial charge in [-0.25, -0.2) is 9.48 Å². The van der Waals surface area contributed by atoms with Gasteiger partial charge in [0.1, 0.15) is 23.4 Å². The average Bonchev–Trinajstić information content (AvgIpc) is 3.46. The van der Waals surface area contributed by atoms with E-state index < -0.39 is 17.6 Å². The predicted molar refractivity (Wildman–Crippen MR) is 142 cm³/mol. The van der Waals surface area contributed by atoms with E-state index in [1.165, 1.54) is 20.2 Å². The summed E-state index contributed by atoms with van der Waals surface area (Å²) in [6, 6.07) is 8.38. The quantitative estimate of drug-likeness (QED) is 0.210. The van der Waals surface area contributed by atoms with Crippen LogP contribution in [-0.4, -0.2) is 54.4 Å². The maximum Gasteiger partial charge on any atom is 0.514 e. The molecule has 1 heterocycles. The van der Waals surface area contributed by atoms with E-state index in [4.69, 9.17) is 30.8 Å². The highest BCUT2D eigenvalue weighted by Crippen LogP contribution is 2.37. The number of carbonyl (C=O) groups is 2. The standard InChI is InChI=1S/C26H36N6O5/c1-26(2,3)32-23(30-24(33)22(29-4)13-18(28)15-35-5)14-21(31-32)16-6-9-20(12-16)37-25(34)36-19-10-7-17(27)8-11-19/h7-8,10-11,13-14,16,20H,6,9,12,15,27-28H2,1-5H3,(H,30,33)/b18-13-,29-22?. The number of aliphatic imine (C=N–C) groups is 1. The Hall–Kier alpha value is -3.86. The van der Waals surface area contributed by atoms with Crippen molar-refractivity contribution in [3.63, 3.8) is 0 Å². The summed E-state index contributed by atoms with van der Waals surface area (Å²) in [5.41, 5.74) is 13.1. The summed E-state index contributed by atoms with van der Waals surface area (Å²) < 4.78 is 17.5. The van der Waals surface area contributed by atoms with Crippen molar-refractivity contribution >= 4 is 29.3 Å². The van der Waals surface area contributed by atoms with Crippen molar-refractivity contribution in [3.05, 3.63) is 47.8 Å². The van der Waals surface area contributed by atoms with Crippen molar-refractivity contribution in [2.24, 2.45) is 10.7 Å². The van der Waals surface area contributed by atoms with Gasteiger partial charge in [-0.2, -0.15) is 5.10 Å². The minimum atomic E-state index is -0.754. The third kappa shape index (κ3) is 7.56. The van der Waals surface area contributed by atoms with E-state index in [0.717, 1.165) is 12.1 Å². The summed E-state index contributed by atoms with van der Waals surface area (Å²) >= 11 is 0. The first-order valence-corrected chi connectivity index (χ1v) is 12.1. The number of nitrogens with one attached hydrogen (secondary N) is 1. The van der Waals surface area contributed by atoms with Crippen LogP contribution in [0, 0.1) is 0 Å². The number of methoxy groups -OCH3 is 1. The lowest BCUT2D eigenvalue weighted by molar-refractivity contribution is -0.110. The molecule has 0 bridgehead atoms. The molecule has 1 aromatic heterocycles. The number of nitrogens with two attached hydrogens (primary N) is 2. The number of ether oxygens (including phenoxy) is 3. The fourth-order valence-electron chi connectivity index (χ4n) is 4.10. The van der Waals surface area contributed by atoms with Crippen LogP contribution in [0.2, 0.25) is 0 Å². The van der Waals surface area contributed by atoms with Crippen molar-refractivity contribution < 1.29 is 23.8 Å². The number of hydrogen-bond donors (Lipinski definition) is 3. The molecular weight excluding hydrogens is 476 g/mol. The summed E-state index contributed by atoms with van der Waals surface area (Å²) in [6.07, 6.45) is 2.50. The normalized spacial score (nSPS) is 18.5. The SMILES string of the molecule is CN=C(/C=C(\N)COC)C(=O)Nc1cc(C2CCC(OC(=O)Oc3ccc(N)cc3)C2)nn1C(C)(C)C. The van der Waals surface area contributed by atoms with E-state index in [1.54, 1.807) is 28.9 Å². The molecule has 1 aromatic carbocycles. The predicted octanol–water partition coefficient (Wildman–Crippen LogP) is 3.57. The number of carbonyl (C=O) groups excluding carboxylic acids is 2. The summed E-state index contributed by atoms with van der Waals surface area (Å²) in [7, 11) is 3.04. The number of hydrogen-bond acceptors (Lipinski definition) is 9. The highest BCUT2D eigenvalue weighted by atomic mass is 16.7. The van der Waals surface area contributed by atoms with Crippen LogP contribution in [0.1, 0.15) is 51.6 Å². The average molecular weight is 513 g/mol. The minimum absolute atomic E-state index is 0.0603. The molecule has 5 N–H and O–H groups in total. The molecule has 200 valence electrons. The van der Waals surface area contributed by atoms with Gasteiger partial charge in [0.25, 0.3) is 5.91 Å². The Kier molecular flexibility index (Phi) is 8.93. The second-order valence-electron chi connectivity index (χ2n) is 9.92. The number of anilines is 2. The third-order valence-corrected chi connectivity index (χ3v) is 5.86. The molecule has 2 aromatic rings. The van der Waals surface area contributed by atoms with Gasteiger partial charge in [-0.15, -0.1) is 0 Å². The van der Waals surface area contributed by atoms with Crippen LogP contribution in [0.15, 0.2) is 47.1 Å². The van der Waals surface area contributed by atoms with Crippen LogP contribution in [0.25, 0.3) is 0 Å². The van der Waals surface area contributed by atoms with Crippen molar-refractivity contribution in [2.75, 3.05) is 31.8 Å². The lowest BCUT2D eigenvalue weighted by Gasteiger charge is -2.22. The summed E-state index contributed by atoms with van der Waals surface area (Å²) in [5, 5.41) is 7.71. The fourth-order valence-corrected chi connectivity index (χ4v) is 4.10. The molecule has 0 aliphatic heterocycles. The number of nitrogen functional groups attached to an aromatic ring is 1. The van der Waals surface area contributed by atoms with Crippen LogP contribution >= 0.6 is 0 Å². The Labute approximate surface area is 216 Å². The van der Waals surface area contributed by atoms with E-state index in [-0.39, 0.29) is 24.3 Å². The van der Waals surface area contributed by atoms with Crippen LogP contribution in [-0.2, 0) is 19.8 Å². The first-order valence-electron chi connectivity index (χ1n) is 12.1. The molecule has 0 spiro atoms. The van der Waals surface area contributed by atoms with Crippen LogP contribution in [0.3, 0.4) is 0 Å². The van der Waals surface area contributed by atoms with E-state index in [1.807, 2.05) is 26.8 Å². The molecule has 1 aliphatic rings. The Morgan fingerprint density at radius 1 is 1.24 bits per heavy atom. The topological polar surface area (TPSA) is 156 Å². The van der Waals surface area contributed by atoms with Crippen molar-refractivity contribution in [2.45, 2.75) is 57.6 Å². The number of nitrogens with zero attached hydrogens (tertiary/aromatic N) is 3. The highest BCUT2D eigenvalue weighted by Gasteiger charge is 2.33. The molecule has 0 saturated heterocycles. The van der Waals surface area contributed by atoms with Crippen molar-refractivity contribution in [3.8, 4) is 5.75 Å². The second kappa shape index (κ2) is 11.9. The molecule has 37 heavy (non-hydrogen) atoms. The third-order valence-electron chi connectivity index (χ3n) is 5.86. The Morgan fingerprint density at radius 3 is 2.57 bits per heavy atom. The van der Waals surface area contributed by atoms with Crippen molar-refractivity contribution in [1.82, 2.24) is 9.78 Å². The van der Waals surface area contributed by atoms with E-state index in [2.05, 4.69) is 10.3 Å². The van der Waals surface area contributed by atoms with Crippen molar-refractivity contribution in [1.29, 1.82) is 0 Å². The maximum atomic E-state index is 12.9. The molecule has 1 aliphatic carbocycles. The molecule has 11 nitrogen and oxygen atoms in total. The Morgan fingerprint density at radius 2 is 1.95 bits per heavy atom. The maximum absolute atomic E-state index is 12.9. The van der Waals surface area contributed by atoms with Gasteiger partial charge in [-0.3, -0.25) is 9.79 Å². The van der Waals surface area contributed by atoms with E-state index in [9.17, 15) is 9.59 Å². The smallest absolute Gasteiger partial charge is 0.431 e. The van der Waals surface area contributed by atoms with Gasteiger partial charge in [0.05, 0.1) is 17.8 Å². The lowest BCUT2D eigenvalue weighted by Crippen LogP contribution is -2.29. The summed E-state index contributed by atoms with van der Waals surface area (Å²) in [6.45, 7) is 6.18. The van der Waals surface area contributed by atoms with Gasteiger partial charge in [-0.1, -0.05) is 0 Å². The fraction of sp³-hybridized carbons (Fsp3) is 0.462. The zero-order chi connectivity index (χ0) is 27.2. The lowest BCUT2D eigenvalue weighted by atomic mass is 10.0. The molecule has 0 radical (unpaired) electrons. The van der Waals surface area contributed by atoms with Gasteiger partial charge in [0, 0.05) is 37.5 Å². The largest absolute Gasteiger partial charge is 0.514 e. The van der Waals surface area contributed by atoms with Crippen LogP contribution in [0.5, 0.6) is 5.75 Å². The van der Waals surface area contributed by atoms with Gasteiger partial charge < -0.3 is 31.0 Å². The zero-order valence-corrected chi connectivity index (χ0v) is 22.0. The zero-order valence-electron chi connectivity index (χ0n) is 22.0. The molecule has 1 saturated carbocycles. The minimum Gasteiger partial charge on any atom is -0.431 e. The number of rotatable bonds is 8. The monoisotopic (exact) mass is 512 g/mol. The van der Waals surface area contributed by atoms with Crippen LogP contribution < -0.4 is 21.5 Å². The molecule has 3 rings (SSSR count). The van der Waals surface area contributed by atoms with Gasteiger partial charge in [0.2, 0.25) is 0 Å². The molecule has 1 amide bonds. The first-order chi connectivity index (χ1) is 17.5. The highest BCUT2D eigenvalue weighted by molar-refractivity contribution is 6.47. The second-order valence-corrected chi connectivity index (χ2v) is 9.92. The first kappa shape index (κ1) is 27.7. The Balaban J connectivity index is 1.69. The molecular formula is C26H36N6O5. The van der Waals surface area contributed by atoms with Gasteiger partial charge in [0.15, 0.2) is 0 Å². The number of benzene rings is 1. The van der Waals surface area contributed by atoms with E-state index >= 15 is 0 Å². The van der Waals surface area contributed by atoms with E-state index in [0.29, 0.717) is 35.8 Å². The number of aromatic nitrogens is 2. The summed E-state index contributed by atoms with van der Waals surface area (Å²) in [5.74, 6) is 0.563.